The number of rotatable bonds is 14. The number of esters is 1. The van der Waals surface area contributed by atoms with Crippen molar-refractivity contribution in [3.8, 4) is 5.75 Å². The second-order valence-corrected chi connectivity index (χ2v) is 9.45. The largest absolute Gasteiger partial charge is 0.489 e. The molecule has 0 bridgehead atoms. The number of carbonyl (C=O) groups excluding carboxylic acids is 3. The minimum Gasteiger partial charge on any atom is -0.489 e. The highest BCUT2D eigenvalue weighted by Gasteiger charge is 2.36. The van der Waals surface area contributed by atoms with Crippen LogP contribution in [0.2, 0.25) is 0 Å². The number of imide groups is 1. The zero-order chi connectivity index (χ0) is 24.6. The summed E-state index contributed by atoms with van der Waals surface area (Å²) in [7, 11) is 0.178. The van der Waals surface area contributed by atoms with Crippen LogP contribution in [0.15, 0.2) is 12.1 Å². The van der Waals surface area contributed by atoms with Crippen molar-refractivity contribution in [2.75, 3.05) is 64.6 Å². The van der Waals surface area contributed by atoms with Crippen LogP contribution in [-0.4, -0.2) is 95.9 Å². The van der Waals surface area contributed by atoms with Gasteiger partial charge in [0.2, 0.25) is 10.0 Å². The van der Waals surface area contributed by atoms with Crippen molar-refractivity contribution in [2.24, 2.45) is 0 Å². The lowest BCUT2D eigenvalue weighted by molar-refractivity contribution is -0.143. The molecule has 1 aromatic rings. The van der Waals surface area contributed by atoms with E-state index in [9.17, 15) is 22.8 Å². The summed E-state index contributed by atoms with van der Waals surface area (Å²) < 4.78 is 41.9. The Balaban J connectivity index is 2.13. The fraction of sp³-hybridized carbons (Fsp3) is 0.571. The van der Waals surface area contributed by atoms with E-state index in [0.717, 1.165) is 17.7 Å². The molecule has 11 nitrogen and oxygen atoms in total. The van der Waals surface area contributed by atoms with Crippen LogP contribution in [0.3, 0.4) is 0 Å². The average Bonchev–Trinajstić information content (AvgIpc) is 2.93. The van der Waals surface area contributed by atoms with Crippen LogP contribution >= 0.6 is 0 Å². The fourth-order valence-corrected chi connectivity index (χ4v) is 3.65. The Bertz CT molecular complexity index is 978. The van der Waals surface area contributed by atoms with Crippen LogP contribution in [0.5, 0.6) is 5.75 Å². The number of amides is 2. The summed E-state index contributed by atoms with van der Waals surface area (Å²) in [6, 6.07) is 2.65. The molecule has 0 atom stereocenters. The van der Waals surface area contributed by atoms with Crippen molar-refractivity contribution in [2.45, 2.75) is 19.8 Å². The summed E-state index contributed by atoms with van der Waals surface area (Å²) in [5.41, 5.74) is 0.231. The quantitative estimate of drug-likeness (QED) is 0.232. The number of likely N-dealkylation sites (N-methyl/N-ethyl adjacent to an activating group) is 1. The molecular weight excluding hydrogens is 454 g/mol. The van der Waals surface area contributed by atoms with Gasteiger partial charge in [0.25, 0.3) is 11.8 Å². The molecule has 2 rings (SSSR count). The first-order chi connectivity index (χ1) is 15.5. The van der Waals surface area contributed by atoms with Gasteiger partial charge in [0.15, 0.2) is 0 Å². The molecule has 33 heavy (non-hydrogen) atoms. The smallest absolute Gasteiger partial charge is 0.305 e. The summed E-state index contributed by atoms with van der Waals surface area (Å²) in [6.45, 7) is 3.61. The minimum atomic E-state index is -3.67. The number of anilines is 1. The number of sulfonamides is 1. The van der Waals surface area contributed by atoms with Crippen LogP contribution in [0.4, 0.5) is 5.69 Å². The van der Waals surface area contributed by atoms with E-state index in [0.29, 0.717) is 6.61 Å². The van der Waals surface area contributed by atoms with Crippen LogP contribution in [0.1, 0.15) is 40.5 Å². The standard InChI is InChI=1S/C21H31N3O8S/c1-5-31-19(25)7-6-8-24-20(26)15-13-17(22-33(4,28)29)18(14-16(15)21(24)27)32-12-11-30-10-9-23(2)3/h13-14,22H,5-12H2,1-4H3. The van der Waals surface area contributed by atoms with Crippen LogP contribution < -0.4 is 9.46 Å². The van der Waals surface area contributed by atoms with Gasteiger partial charge in [-0.25, -0.2) is 8.42 Å². The van der Waals surface area contributed by atoms with Gasteiger partial charge in [0, 0.05) is 19.5 Å². The van der Waals surface area contributed by atoms with Gasteiger partial charge >= 0.3 is 5.97 Å². The molecule has 1 aliphatic rings. The van der Waals surface area contributed by atoms with Crippen LogP contribution in [-0.2, 0) is 24.3 Å². The third-order valence-electron chi connectivity index (χ3n) is 4.60. The highest BCUT2D eigenvalue weighted by molar-refractivity contribution is 7.92. The average molecular weight is 486 g/mol. The maximum atomic E-state index is 12.8. The highest BCUT2D eigenvalue weighted by Crippen LogP contribution is 2.34. The van der Waals surface area contributed by atoms with Crippen molar-refractivity contribution in [3.63, 3.8) is 0 Å². The molecule has 0 unspecified atom stereocenters. The summed E-state index contributed by atoms with van der Waals surface area (Å²) in [5.74, 6) is -1.38. The highest BCUT2D eigenvalue weighted by atomic mass is 32.2. The summed E-state index contributed by atoms with van der Waals surface area (Å²) in [6.07, 6.45) is 1.31. The first-order valence-corrected chi connectivity index (χ1v) is 12.5. The Labute approximate surface area is 194 Å². The fourth-order valence-electron chi connectivity index (χ4n) is 3.09. The number of hydrogen-bond donors (Lipinski definition) is 1. The summed E-state index contributed by atoms with van der Waals surface area (Å²) in [4.78, 5) is 40.1. The lowest BCUT2D eigenvalue weighted by Gasteiger charge is -2.14. The van der Waals surface area contributed by atoms with Crippen molar-refractivity contribution >= 4 is 33.5 Å². The Morgan fingerprint density at radius 1 is 1.09 bits per heavy atom. The third-order valence-corrected chi connectivity index (χ3v) is 5.19. The molecule has 1 aliphatic heterocycles. The lowest BCUT2D eigenvalue weighted by atomic mass is 10.1. The molecule has 0 radical (unpaired) electrons. The van der Waals surface area contributed by atoms with Gasteiger partial charge in [-0.05, 0) is 39.6 Å². The first-order valence-electron chi connectivity index (χ1n) is 10.6. The van der Waals surface area contributed by atoms with E-state index in [1.807, 2.05) is 19.0 Å². The van der Waals surface area contributed by atoms with Gasteiger partial charge < -0.3 is 19.1 Å². The van der Waals surface area contributed by atoms with E-state index >= 15 is 0 Å². The number of carbonyl (C=O) groups is 3. The Morgan fingerprint density at radius 3 is 2.36 bits per heavy atom. The first kappa shape index (κ1) is 26.6. The van der Waals surface area contributed by atoms with Gasteiger partial charge in [0.1, 0.15) is 12.4 Å². The molecule has 0 saturated heterocycles. The van der Waals surface area contributed by atoms with Crippen LogP contribution in [0.25, 0.3) is 0 Å². The van der Waals surface area contributed by atoms with Crippen molar-refractivity contribution in [3.05, 3.63) is 23.3 Å². The van der Waals surface area contributed by atoms with E-state index in [-0.39, 0.29) is 61.8 Å². The minimum absolute atomic E-state index is 0.0376. The van der Waals surface area contributed by atoms with Gasteiger partial charge in [-0.2, -0.15) is 0 Å². The molecule has 0 aliphatic carbocycles. The predicted octanol–water partition coefficient (Wildman–Crippen LogP) is 0.954. The normalized spacial score (nSPS) is 13.4. The Kier molecular flexibility index (Phi) is 9.62. The molecule has 1 heterocycles. The zero-order valence-electron chi connectivity index (χ0n) is 19.4. The van der Waals surface area contributed by atoms with Gasteiger partial charge in [0.05, 0.1) is 42.9 Å². The van der Waals surface area contributed by atoms with Crippen LogP contribution in [0, 0.1) is 0 Å². The van der Waals surface area contributed by atoms with Crippen molar-refractivity contribution < 1.29 is 37.0 Å². The topological polar surface area (TPSA) is 132 Å². The van der Waals surface area contributed by atoms with E-state index in [2.05, 4.69) is 4.72 Å². The second kappa shape index (κ2) is 12.0. The number of ether oxygens (including phenoxy) is 3. The number of fused-ring (bicyclic) bond motifs is 1. The molecular formula is C21H31N3O8S. The maximum absolute atomic E-state index is 12.8. The molecule has 0 spiro atoms. The van der Waals surface area contributed by atoms with Gasteiger partial charge in [-0.1, -0.05) is 0 Å². The summed E-state index contributed by atoms with van der Waals surface area (Å²) >= 11 is 0. The van der Waals surface area contributed by atoms with Gasteiger partial charge in [-0.15, -0.1) is 0 Å². The van der Waals surface area contributed by atoms with Crippen molar-refractivity contribution in [1.29, 1.82) is 0 Å². The lowest BCUT2D eigenvalue weighted by Crippen LogP contribution is -2.31. The van der Waals surface area contributed by atoms with E-state index in [1.165, 1.54) is 12.1 Å². The second-order valence-electron chi connectivity index (χ2n) is 7.70. The molecule has 12 heteroatoms. The van der Waals surface area contributed by atoms with E-state index in [4.69, 9.17) is 14.2 Å². The Morgan fingerprint density at radius 2 is 1.76 bits per heavy atom. The number of nitrogens with zero attached hydrogens (tertiary/aromatic N) is 2. The molecule has 2 amide bonds. The van der Waals surface area contributed by atoms with E-state index in [1.54, 1.807) is 6.92 Å². The summed E-state index contributed by atoms with van der Waals surface area (Å²) in [5, 5.41) is 0. The molecule has 0 fully saturated rings. The molecule has 1 N–H and O–H groups in total. The SMILES string of the molecule is CCOC(=O)CCCN1C(=O)c2cc(NS(C)(=O)=O)c(OCCOCCN(C)C)cc2C1=O. The molecule has 1 aromatic carbocycles. The third kappa shape index (κ3) is 7.98. The number of benzene rings is 1. The number of hydrogen-bond acceptors (Lipinski definition) is 9. The van der Waals surface area contributed by atoms with Crippen molar-refractivity contribution in [1.82, 2.24) is 9.80 Å². The maximum Gasteiger partial charge on any atom is 0.305 e. The predicted molar refractivity (Wildman–Crippen MR) is 121 cm³/mol. The zero-order valence-corrected chi connectivity index (χ0v) is 20.2. The van der Waals surface area contributed by atoms with Gasteiger partial charge in [-0.3, -0.25) is 24.0 Å². The molecule has 0 aromatic heterocycles. The number of nitrogens with one attached hydrogen (secondary N) is 1. The van der Waals surface area contributed by atoms with E-state index < -0.39 is 27.8 Å². The monoisotopic (exact) mass is 485 g/mol. The molecule has 0 saturated carbocycles. The Hall–Kier alpha value is -2.70. The molecule has 184 valence electrons.